The first-order valence-electron chi connectivity index (χ1n) is 5.71. The van der Waals surface area contributed by atoms with E-state index in [2.05, 4.69) is 0 Å². The fourth-order valence-electron chi connectivity index (χ4n) is 1.68. The van der Waals surface area contributed by atoms with Gasteiger partial charge in [0.25, 0.3) is 0 Å². The predicted molar refractivity (Wildman–Crippen MR) is 71.2 cm³/mol. The first-order valence-corrected chi connectivity index (χ1v) is 7.60. The highest BCUT2D eigenvalue weighted by Gasteiger charge is 2.15. The van der Waals surface area contributed by atoms with Gasteiger partial charge in [0.15, 0.2) is 15.6 Å². The standard InChI is InChI=1S/C14H14O4S/c1-9-8-13(18-10(9)2)14(15)11-4-6-12(7-5-11)19(3,16)17/h4-8H,1-3H3. The Hall–Kier alpha value is -1.88. The maximum Gasteiger partial charge on any atom is 0.228 e. The van der Waals surface area contributed by atoms with Gasteiger partial charge in [-0.05, 0) is 49.7 Å². The average Bonchev–Trinajstić information content (AvgIpc) is 2.68. The van der Waals surface area contributed by atoms with Gasteiger partial charge in [-0.25, -0.2) is 8.42 Å². The third-order valence-electron chi connectivity index (χ3n) is 2.93. The van der Waals surface area contributed by atoms with Crippen LogP contribution in [0, 0.1) is 13.8 Å². The molecule has 2 rings (SSSR count). The number of carbonyl (C=O) groups excluding carboxylic acids is 1. The highest BCUT2D eigenvalue weighted by atomic mass is 32.2. The van der Waals surface area contributed by atoms with Gasteiger partial charge in [-0.15, -0.1) is 0 Å². The number of hydrogen-bond acceptors (Lipinski definition) is 4. The fourth-order valence-corrected chi connectivity index (χ4v) is 2.31. The topological polar surface area (TPSA) is 64.3 Å². The molecule has 2 aromatic rings. The summed E-state index contributed by atoms with van der Waals surface area (Å²) in [6, 6.07) is 7.51. The molecule has 0 saturated carbocycles. The predicted octanol–water partition coefficient (Wildman–Crippen LogP) is 2.53. The number of benzene rings is 1. The Labute approximate surface area is 112 Å². The summed E-state index contributed by atoms with van der Waals surface area (Å²) >= 11 is 0. The monoisotopic (exact) mass is 278 g/mol. The minimum Gasteiger partial charge on any atom is -0.458 e. The SMILES string of the molecule is Cc1cc(C(=O)c2ccc(S(C)(=O)=O)cc2)oc1C. The summed E-state index contributed by atoms with van der Waals surface area (Å²) in [5, 5.41) is 0. The maximum atomic E-state index is 12.1. The van der Waals surface area contributed by atoms with E-state index in [0.717, 1.165) is 11.8 Å². The van der Waals surface area contributed by atoms with Crippen LogP contribution in [-0.4, -0.2) is 20.5 Å². The first kappa shape index (κ1) is 13.5. The van der Waals surface area contributed by atoms with E-state index in [1.165, 1.54) is 24.3 Å². The van der Waals surface area contributed by atoms with E-state index in [0.29, 0.717) is 11.3 Å². The van der Waals surface area contributed by atoms with Crippen LogP contribution in [0.15, 0.2) is 39.6 Å². The van der Waals surface area contributed by atoms with Gasteiger partial charge in [0.1, 0.15) is 5.76 Å². The lowest BCUT2D eigenvalue weighted by Crippen LogP contribution is -2.01. The van der Waals surface area contributed by atoms with Crippen molar-refractivity contribution in [1.82, 2.24) is 0 Å². The summed E-state index contributed by atoms with van der Waals surface area (Å²) in [5.74, 6) is 0.717. The van der Waals surface area contributed by atoms with E-state index in [9.17, 15) is 13.2 Å². The Morgan fingerprint density at radius 2 is 1.68 bits per heavy atom. The third-order valence-corrected chi connectivity index (χ3v) is 4.06. The summed E-state index contributed by atoms with van der Waals surface area (Å²) in [5.41, 5.74) is 1.32. The molecule has 0 fully saturated rings. The molecule has 0 N–H and O–H groups in total. The molecule has 0 spiro atoms. The molecule has 0 atom stereocenters. The highest BCUT2D eigenvalue weighted by Crippen LogP contribution is 2.18. The van der Waals surface area contributed by atoms with Gasteiger partial charge in [-0.1, -0.05) is 0 Å². The minimum atomic E-state index is -3.25. The Morgan fingerprint density at radius 1 is 1.11 bits per heavy atom. The van der Waals surface area contributed by atoms with Crippen molar-refractivity contribution in [3.63, 3.8) is 0 Å². The summed E-state index contributed by atoms with van der Waals surface area (Å²) in [6.07, 6.45) is 1.13. The number of hydrogen-bond donors (Lipinski definition) is 0. The second-order valence-corrected chi connectivity index (χ2v) is 6.49. The number of sulfone groups is 1. The van der Waals surface area contributed by atoms with Crippen LogP contribution in [0.1, 0.15) is 27.4 Å². The summed E-state index contributed by atoms with van der Waals surface area (Å²) in [7, 11) is -3.25. The molecule has 0 amide bonds. The molecular formula is C14H14O4S. The lowest BCUT2D eigenvalue weighted by molar-refractivity contribution is 0.101. The van der Waals surface area contributed by atoms with Crippen LogP contribution in [0.5, 0.6) is 0 Å². The molecule has 1 heterocycles. The zero-order valence-electron chi connectivity index (χ0n) is 10.9. The van der Waals surface area contributed by atoms with Crippen molar-refractivity contribution in [2.45, 2.75) is 18.7 Å². The van der Waals surface area contributed by atoms with E-state index < -0.39 is 9.84 Å². The van der Waals surface area contributed by atoms with Gasteiger partial charge >= 0.3 is 0 Å². The van der Waals surface area contributed by atoms with Gasteiger partial charge in [0, 0.05) is 11.8 Å². The van der Waals surface area contributed by atoms with Crippen molar-refractivity contribution in [3.05, 3.63) is 53.0 Å². The maximum absolute atomic E-state index is 12.1. The Morgan fingerprint density at radius 3 is 2.11 bits per heavy atom. The number of furan rings is 1. The molecule has 0 aliphatic heterocycles. The molecule has 1 aromatic heterocycles. The molecule has 0 aliphatic rings. The molecule has 0 aliphatic carbocycles. The van der Waals surface area contributed by atoms with Crippen LogP contribution < -0.4 is 0 Å². The normalized spacial score (nSPS) is 11.5. The summed E-state index contributed by atoms with van der Waals surface area (Å²) in [6.45, 7) is 3.65. The van der Waals surface area contributed by atoms with Gasteiger partial charge in [0.2, 0.25) is 5.78 Å². The van der Waals surface area contributed by atoms with Crippen molar-refractivity contribution in [1.29, 1.82) is 0 Å². The molecule has 1 aromatic carbocycles. The van der Waals surface area contributed by atoms with Crippen LogP contribution >= 0.6 is 0 Å². The van der Waals surface area contributed by atoms with Gasteiger partial charge in [-0.3, -0.25) is 4.79 Å². The number of carbonyl (C=O) groups is 1. The molecule has 0 unspecified atom stereocenters. The van der Waals surface area contributed by atoms with Crippen LogP contribution in [0.2, 0.25) is 0 Å². The average molecular weight is 278 g/mol. The zero-order valence-corrected chi connectivity index (χ0v) is 11.7. The van der Waals surface area contributed by atoms with E-state index in [4.69, 9.17) is 4.42 Å². The van der Waals surface area contributed by atoms with Gasteiger partial charge < -0.3 is 4.42 Å². The van der Waals surface area contributed by atoms with Crippen molar-refractivity contribution in [3.8, 4) is 0 Å². The lowest BCUT2D eigenvalue weighted by Gasteiger charge is -2.00. The number of rotatable bonds is 3. The molecule has 0 radical (unpaired) electrons. The van der Waals surface area contributed by atoms with Crippen molar-refractivity contribution in [2.75, 3.05) is 6.26 Å². The Bertz CT molecular complexity index is 702. The van der Waals surface area contributed by atoms with Gasteiger partial charge in [-0.2, -0.15) is 0 Å². The fraction of sp³-hybridized carbons (Fsp3) is 0.214. The van der Waals surface area contributed by atoms with Gasteiger partial charge in [0.05, 0.1) is 4.90 Å². The van der Waals surface area contributed by atoms with E-state index in [-0.39, 0.29) is 16.4 Å². The Kier molecular flexibility index (Phi) is 3.32. The summed E-state index contributed by atoms with van der Waals surface area (Å²) < 4.78 is 28.0. The Balaban J connectivity index is 2.35. The number of ketones is 1. The van der Waals surface area contributed by atoms with Crippen molar-refractivity contribution in [2.24, 2.45) is 0 Å². The quantitative estimate of drug-likeness (QED) is 0.809. The van der Waals surface area contributed by atoms with Crippen LogP contribution in [0.3, 0.4) is 0 Å². The second-order valence-electron chi connectivity index (χ2n) is 4.48. The first-order chi connectivity index (χ1) is 8.79. The van der Waals surface area contributed by atoms with Crippen LogP contribution in [0.4, 0.5) is 0 Å². The van der Waals surface area contributed by atoms with E-state index in [1.54, 1.807) is 13.0 Å². The van der Waals surface area contributed by atoms with Crippen molar-refractivity contribution < 1.29 is 17.6 Å². The van der Waals surface area contributed by atoms with Crippen LogP contribution in [0.25, 0.3) is 0 Å². The largest absolute Gasteiger partial charge is 0.458 e. The van der Waals surface area contributed by atoms with Crippen molar-refractivity contribution >= 4 is 15.6 Å². The third kappa shape index (κ3) is 2.76. The molecule has 0 saturated heterocycles. The highest BCUT2D eigenvalue weighted by molar-refractivity contribution is 7.90. The second kappa shape index (κ2) is 4.66. The molecule has 4 nitrogen and oxygen atoms in total. The lowest BCUT2D eigenvalue weighted by atomic mass is 10.1. The summed E-state index contributed by atoms with van der Waals surface area (Å²) in [4.78, 5) is 12.3. The van der Waals surface area contributed by atoms with E-state index >= 15 is 0 Å². The zero-order chi connectivity index (χ0) is 14.2. The molecular weight excluding hydrogens is 264 g/mol. The molecule has 19 heavy (non-hydrogen) atoms. The minimum absolute atomic E-state index is 0.191. The van der Waals surface area contributed by atoms with E-state index in [1.807, 2.05) is 6.92 Å². The molecule has 5 heteroatoms. The van der Waals surface area contributed by atoms with Crippen LogP contribution in [-0.2, 0) is 9.84 Å². The molecule has 0 bridgehead atoms. The number of aryl methyl sites for hydroxylation is 2. The smallest absolute Gasteiger partial charge is 0.228 e. The molecule has 100 valence electrons.